The van der Waals surface area contributed by atoms with Gasteiger partial charge in [-0.1, -0.05) is 19.8 Å². The second-order valence-electron chi connectivity index (χ2n) is 4.79. The van der Waals surface area contributed by atoms with Gasteiger partial charge in [0.05, 0.1) is 5.56 Å². The van der Waals surface area contributed by atoms with Crippen LogP contribution >= 0.6 is 0 Å². The molecule has 0 bridgehead atoms. The molecule has 0 radical (unpaired) electrons. The molecule has 0 amide bonds. The molecule has 0 N–H and O–H groups in total. The highest BCUT2D eigenvalue weighted by molar-refractivity contribution is 6.00. The van der Waals surface area contributed by atoms with Crippen molar-refractivity contribution in [2.75, 3.05) is 0 Å². The summed E-state index contributed by atoms with van der Waals surface area (Å²) in [7, 11) is 0. The molecule has 0 heterocycles. The van der Waals surface area contributed by atoms with Crippen LogP contribution in [0.4, 0.5) is 8.78 Å². The molecule has 1 aliphatic carbocycles. The summed E-state index contributed by atoms with van der Waals surface area (Å²) in [5.41, 5.74) is -0.381. The Kier molecular flexibility index (Phi) is 3.27. The molecule has 1 aromatic carbocycles. The van der Waals surface area contributed by atoms with Crippen LogP contribution in [-0.4, -0.2) is 5.78 Å². The van der Waals surface area contributed by atoms with Crippen molar-refractivity contribution in [3.63, 3.8) is 0 Å². The molecule has 3 heteroatoms. The zero-order valence-corrected chi connectivity index (χ0v) is 9.93. The van der Waals surface area contributed by atoms with Gasteiger partial charge in [-0.3, -0.25) is 4.79 Å². The van der Waals surface area contributed by atoms with Crippen LogP contribution < -0.4 is 0 Å². The Bertz CT molecular complexity index is 434. The summed E-state index contributed by atoms with van der Waals surface area (Å²) in [5, 5.41) is 0. The number of carbonyl (C=O) groups is 1. The number of halogens is 2. The Morgan fingerprint density at radius 1 is 1.29 bits per heavy atom. The third-order valence-corrected chi connectivity index (χ3v) is 3.89. The van der Waals surface area contributed by atoms with Crippen LogP contribution in [0.15, 0.2) is 18.2 Å². The van der Waals surface area contributed by atoms with E-state index in [4.69, 9.17) is 0 Å². The SMILES string of the molecule is CCC1(C(=O)c2ccc(F)cc2F)CCCC1. The van der Waals surface area contributed by atoms with Gasteiger partial charge in [0.1, 0.15) is 11.6 Å². The van der Waals surface area contributed by atoms with Gasteiger partial charge in [-0.2, -0.15) is 0 Å². The summed E-state index contributed by atoms with van der Waals surface area (Å²) < 4.78 is 26.4. The molecule has 0 atom stereocenters. The van der Waals surface area contributed by atoms with Crippen LogP contribution in [0.3, 0.4) is 0 Å². The third-order valence-electron chi connectivity index (χ3n) is 3.89. The van der Waals surface area contributed by atoms with E-state index < -0.39 is 17.0 Å². The number of hydrogen-bond acceptors (Lipinski definition) is 1. The standard InChI is InChI=1S/C14H16F2O/c1-2-14(7-3-4-8-14)13(17)11-6-5-10(15)9-12(11)16/h5-6,9H,2-4,7-8H2,1H3. The van der Waals surface area contributed by atoms with Crippen LogP contribution in [0, 0.1) is 17.0 Å². The normalized spacial score (nSPS) is 18.3. The van der Waals surface area contributed by atoms with Crippen molar-refractivity contribution >= 4 is 5.78 Å². The van der Waals surface area contributed by atoms with E-state index in [0.717, 1.165) is 44.2 Å². The molecule has 1 aliphatic rings. The molecular formula is C14H16F2O. The highest BCUT2D eigenvalue weighted by Gasteiger charge is 2.40. The second-order valence-corrected chi connectivity index (χ2v) is 4.79. The van der Waals surface area contributed by atoms with Gasteiger partial charge in [0.25, 0.3) is 0 Å². The lowest BCUT2D eigenvalue weighted by Gasteiger charge is -2.25. The van der Waals surface area contributed by atoms with Gasteiger partial charge < -0.3 is 0 Å². The van der Waals surface area contributed by atoms with Crippen LogP contribution in [0.1, 0.15) is 49.4 Å². The van der Waals surface area contributed by atoms with Gasteiger partial charge in [-0.05, 0) is 31.4 Å². The average Bonchev–Trinajstić information content (AvgIpc) is 2.78. The van der Waals surface area contributed by atoms with E-state index in [9.17, 15) is 13.6 Å². The molecule has 92 valence electrons. The van der Waals surface area contributed by atoms with E-state index in [0.29, 0.717) is 0 Å². The van der Waals surface area contributed by atoms with Gasteiger partial charge in [0.15, 0.2) is 5.78 Å². The molecule has 0 aromatic heterocycles. The lowest BCUT2D eigenvalue weighted by atomic mass is 9.76. The first-order chi connectivity index (χ1) is 8.09. The fraction of sp³-hybridized carbons (Fsp3) is 0.500. The third kappa shape index (κ3) is 2.11. The topological polar surface area (TPSA) is 17.1 Å². The van der Waals surface area contributed by atoms with E-state index in [-0.39, 0.29) is 11.3 Å². The van der Waals surface area contributed by atoms with Gasteiger partial charge in [0.2, 0.25) is 0 Å². The van der Waals surface area contributed by atoms with Crippen LogP contribution in [0.2, 0.25) is 0 Å². The zero-order chi connectivity index (χ0) is 12.5. The number of benzene rings is 1. The van der Waals surface area contributed by atoms with Crippen molar-refractivity contribution in [3.8, 4) is 0 Å². The molecule has 17 heavy (non-hydrogen) atoms. The molecule has 1 saturated carbocycles. The Balaban J connectivity index is 2.36. The lowest BCUT2D eigenvalue weighted by Crippen LogP contribution is -2.28. The van der Waals surface area contributed by atoms with Crippen molar-refractivity contribution in [2.45, 2.75) is 39.0 Å². The maximum atomic E-state index is 13.6. The van der Waals surface area contributed by atoms with Crippen molar-refractivity contribution in [3.05, 3.63) is 35.4 Å². The first-order valence-electron chi connectivity index (χ1n) is 6.09. The summed E-state index contributed by atoms with van der Waals surface area (Å²) in [5.74, 6) is -1.54. The number of ketones is 1. The molecule has 0 saturated heterocycles. The maximum absolute atomic E-state index is 13.6. The summed E-state index contributed by atoms with van der Waals surface area (Å²) in [6.07, 6.45) is 4.39. The van der Waals surface area contributed by atoms with E-state index in [1.807, 2.05) is 6.92 Å². The minimum Gasteiger partial charge on any atom is -0.293 e. The molecule has 1 aromatic rings. The molecule has 0 aliphatic heterocycles. The lowest BCUT2D eigenvalue weighted by molar-refractivity contribution is 0.0786. The minimum absolute atomic E-state index is 0.0372. The van der Waals surface area contributed by atoms with Crippen molar-refractivity contribution in [2.24, 2.45) is 5.41 Å². The number of carbonyl (C=O) groups excluding carboxylic acids is 1. The quantitative estimate of drug-likeness (QED) is 0.724. The first-order valence-corrected chi connectivity index (χ1v) is 6.09. The van der Waals surface area contributed by atoms with E-state index in [1.54, 1.807) is 0 Å². The van der Waals surface area contributed by atoms with Crippen LogP contribution in [0.25, 0.3) is 0 Å². The van der Waals surface area contributed by atoms with E-state index >= 15 is 0 Å². The van der Waals surface area contributed by atoms with Gasteiger partial charge in [-0.15, -0.1) is 0 Å². The maximum Gasteiger partial charge on any atom is 0.171 e. The van der Waals surface area contributed by atoms with Gasteiger partial charge >= 0.3 is 0 Å². The van der Waals surface area contributed by atoms with Gasteiger partial charge in [0, 0.05) is 11.5 Å². The highest BCUT2D eigenvalue weighted by Crippen LogP contribution is 2.43. The fourth-order valence-corrected chi connectivity index (χ4v) is 2.75. The zero-order valence-electron chi connectivity index (χ0n) is 9.93. The van der Waals surface area contributed by atoms with Crippen molar-refractivity contribution in [1.29, 1.82) is 0 Å². The number of rotatable bonds is 3. The summed E-state index contributed by atoms with van der Waals surface area (Å²) in [6, 6.07) is 3.20. The van der Waals surface area contributed by atoms with Gasteiger partial charge in [-0.25, -0.2) is 8.78 Å². The molecule has 1 fully saturated rings. The smallest absolute Gasteiger partial charge is 0.171 e. The Hall–Kier alpha value is -1.25. The van der Waals surface area contributed by atoms with Crippen LogP contribution in [-0.2, 0) is 0 Å². The minimum atomic E-state index is -0.741. The monoisotopic (exact) mass is 238 g/mol. The summed E-state index contributed by atoms with van der Waals surface area (Å²) in [6.45, 7) is 1.96. The van der Waals surface area contributed by atoms with E-state index in [2.05, 4.69) is 0 Å². The van der Waals surface area contributed by atoms with Crippen molar-refractivity contribution < 1.29 is 13.6 Å². The molecule has 0 spiro atoms. The Morgan fingerprint density at radius 3 is 2.47 bits per heavy atom. The highest BCUT2D eigenvalue weighted by atomic mass is 19.1. The fourth-order valence-electron chi connectivity index (χ4n) is 2.75. The second kappa shape index (κ2) is 4.55. The molecule has 2 rings (SSSR count). The predicted octanol–water partition coefficient (Wildman–Crippen LogP) is 4.12. The molecule has 0 unspecified atom stereocenters. The Labute approximate surface area is 99.8 Å². The number of Topliss-reactive ketones (excluding diaryl/α,β-unsaturated/α-hetero) is 1. The molecular weight excluding hydrogens is 222 g/mol. The van der Waals surface area contributed by atoms with Crippen LogP contribution in [0.5, 0.6) is 0 Å². The summed E-state index contributed by atoms with van der Waals surface area (Å²) in [4.78, 5) is 12.4. The largest absolute Gasteiger partial charge is 0.293 e. The first kappa shape index (κ1) is 12.2. The van der Waals surface area contributed by atoms with E-state index in [1.165, 1.54) is 6.07 Å². The Morgan fingerprint density at radius 2 is 1.94 bits per heavy atom. The summed E-state index contributed by atoms with van der Waals surface area (Å²) >= 11 is 0. The predicted molar refractivity (Wildman–Crippen MR) is 61.9 cm³/mol. The van der Waals surface area contributed by atoms with Crippen molar-refractivity contribution in [1.82, 2.24) is 0 Å². The molecule has 1 nitrogen and oxygen atoms in total. The number of hydrogen-bond donors (Lipinski definition) is 0. The average molecular weight is 238 g/mol.